The second kappa shape index (κ2) is 3.81. The summed E-state index contributed by atoms with van der Waals surface area (Å²) in [5.74, 6) is 0.120. The van der Waals surface area contributed by atoms with Gasteiger partial charge in [-0.15, -0.1) is 0 Å². The van der Waals surface area contributed by atoms with Gasteiger partial charge in [-0.1, -0.05) is 0 Å². The monoisotopic (exact) mass is 219 g/mol. The fourth-order valence-electron chi connectivity index (χ4n) is 1.48. The normalized spacial score (nSPS) is 10.4. The van der Waals surface area contributed by atoms with Crippen LogP contribution in [0.1, 0.15) is 16.1 Å². The van der Waals surface area contributed by atoms with Crippen LogP contribution in [0.15, 0.2) is 34.7 Å². The Hall–Kier alpha value is -2.10. The van der Waals surface area contributed by atoms with E-state index in [0.29, 0.717) is 22.6 Å². The highest BCUT2D eigenvalue weighted by Gasteiger charge is 2.13. The molecule has 0 radical (unpaired) electrons. The first-order valence-corrected chi connectivity index (χ1v) is 4.74. The average Bonchev–Trinajstić information content (AvgIpc) is 2.61. The first-order valence-electron chi connectivity index (χ1n) is 4.74. The molecule has 1 amide bonds. The van der Waals surface area contributed by atoms with E-state index < -0.39 is 5.91 Å². The first-order chi connectivity index (χ1) is 7.58. The molecule has 0 aliphatic rings. The van der Waals surface area contributed by atoms with Crippen molar-refractivity contribution in [3.63, 3.8) is 0 Å². The number of benzene rings is 1. The number of nitrogens with two attached hydrogens (primary N) is 1. The molecule has 2 aromatic rings. The van der Waals surface area contributed by atoms with Crippen molar-refractivity contribution in [2.24, 2.45) is 5.73 Å². The van der Waals surface area contributed by atoms with Gasteiger partial charge >= 0.3 is 0 Å². The van der Waals surface area contributed by atoms with Crippen LogP contribution in [-0.4, -0.2) is 5.91 Å². The molecule has 1 aromatic heterocycles. The SMILES string of the molecule is Cc1oc(-c2ccc(F)cc2)cc1C(N)=O. The molecule has 0 bridgehead atoms. The lowest BCUT2D eigenvalue weighted by Gasteiger charge is -1.95. The van der Waals surface area contributed by atoms with E-state index in [0.717, 1.165) is 0 Å². The standard InChI is InChI=1S/C12H10FNO2/c1-7-10(12(14)15)6-11(16-7)8-2-4-9(13)5-3-8/h2-6H,1H3,(H2,14,15). The van der Waals surface area contributed by atoms with Gasteiger partial charge in [0.25, 0.3) is 5.91 Å². The highest BCUT2D eigenvalue weighted by atomic mass is 19.1. The molecule has 2 rings (SSSR count). The van der Waals surface area contributed by atoms with Crippen LogP contribution < -0.4 is 5.73 Å². The van der Waals surface area contributed by atoms with Gasteiger partial charge in [0.15, 0.2) is 0 Å². The van der Waals surface area contributed by atoms with E-state index in [4.69, 9.17) is 10.2 Å². The molecular weight excluding hydrogens is 209 g/mol. The van der Waals surface area contributed by atoms with Gasteiger partial charge in [0, 0.05) is 5.56 Å². The summed E-state index contributed by atoms with van der Waals surface area (Å²) in [5, 5.41) is 0. The smallest absolute Gasteiger partial charge is 0.252 e. The maximum atomic E-state index is 12.7. The van der Waals surface area contributed by atoms with Gasteiger partial charge in [-0.3, -0.25) is 4.79 Å². The van der Waals surface area contributed by atoms with Gasteiger partial charge in [0.2, 0.25) is 0 Å². The fourth-order valence-corrected chi connectivity index (χ4v) is 1.48. The molecule has 4 heteroatoms. The zero-order valence-electron chi connectivity index (χ0n) is 8.66. The summed E-state index contributed by atoms with van der Waals surface area (Å²) in [6.45, 7) is 1.66. The zero-order valence-corrected chi connectivity index (χ0v) is 8.66. The Bertz CT molecular complexity index is 528. The lowest BCUT2D eigenvalue weighted by atomic mass is 10.1. The Morgan fingerprint density at radius 2 is 1.94 bits per heavy atom. The summed E-state index contributed by atoms with van der Waals surface area (Å²) in [4.78, 5) is 11.0. The summed E-state index contributed by atoms with van der Waals surface area (Å²) in [7, 11) is 0. The predicted molar refractivity (Wildman–Crippen MR) is 57.4 cm³/mol. The second-order valence-corrected chi connectivity index (χ2v) is 3.45. The van der Waals surface area contributed by atoms with E-state index in [1.54, 1.807) is 25.1 Å². The molecule has 0 saturated carbocycles. The molecule has 2 N–H and O–H groups in total. The van der Waals surface area contributed by atoms with Gasteiger partial charge in [-0.2, -0.15) is 0 Å². The molecule has 0 saturated heterocycles. The molecule has 82 valence electrons. The number of primary amides is 1. The predicted octanol–water partition coefficient (Wildman–Crippen LogP) is 2.49. The minimum atomic E-state index is -0.533. The van der Waals surface area contributed by atoms with E-state index >= 15 is 0 Å². The van der Waals surface area contributed by atoms with Crippen LogP contribution in [0.2, 0.25) is 0 Å². The lowest BCUT2D eigenvalue weighted by molar-refractivity contribution is 0.0999. The molecular formula is C12H10FNO2. The van der Waals surface area contributed by atoms with Crippen molar-refractivity contribution >= 4 is 5.91 Å². The fraction of sp³-hybridized carbons (Fsp3) is 0.0833. The number of carbonyl (C=O) groups excluding carboxylic acids is 1. The summed E-state index contributed by atoms with van der Waals surface area (Å²) < 4.78 is 18.1. The van der Waals surface area contributed by atoms with Crippen LogP contribution in [0.25, 0.3) is 11.3 Å². The Labute approximate surface area is 91.7 Å². The maximum Gasteiger partial charge on any atom is 0.252 e. The molecule has 0 spiro atoms. The molecule has 0 aliphatic heterocycles. The third-order valence-electron chi connectivity index (χ3n) is 2.31. The van der Waals surface area contributed by atoms with Crippen LogP contribution >= 0.6 is 0 Å². The molecule has 1 aromatic carbocycles. The number of rotatable bonds is 2. The van der Waals surface area contributed by atoms with Crippen molar-refractivity contribution in [1.82, 2.24) is 0 Å². The minimum Gasteiger partial charge on any atom is -0.461 e. The van der Waals surface area contributed by atoms with Crippen molar-refractivity contribution < 1.29 is 13.6 Å². The molecule has 1 heterocycles. The number of aryl methyl sites for hydroxylation is 1. The zero-order chi connectivity index (χ0) is 11.7. The van der Waals surface area contributed by atoms with Crippen molar-refractivity contribution in [2.75, 3.05) is 0 Å². The minimum absolute atomic E-state index is 0.317. The maximum absolute atomic E-state index is 12.7. The number of halogens is 1. The van der Waals surface area contributed by atoms with Gasteiger partial charge < -0.3 is 10.2 Å². The summed E-state index contributed by atoms with van der Waals surface area (Å²) >= 11 is 0. The highest BCUT2D eigenvalue weighted by molar-refractivity contribution is 5.94. The Balaban J connectivity index is 2.45. The van der Waals surface area contributed by atoms with Gasteiger partial charge in [-0.05, 0) is 37.3 Å². The summed E-state index contributed by atoms with van der Waals surface area (Å²) in [5.41, 5.74) is 6.22. The van der Waals surface area contributed by atoms with Crippen molar-refractivity contribution in [1.29, 1.82) is 0 Å². The summed E-state index contributed by atoms with van der Waals surface area (Å²) in [6.07, 6.45) is 0. The first kappa shape index (κ1) is 10.4. The third kappa shape index (κ3) is 1.82. The van der Waals surface area contributed by atoms with Crippen LogP contribution in [0.3, 0.4) is 0 Å². The lowest BCUT2D eigenvalue weighted by Crippen LogP contribution is -2.10. The second-order valence-electron chi connectivity index (χ2n) is 3.45. The number of carbonyl (C=O) groups is 1. The van der Waals surface area contributed by atoms with Crippen LogP contribution in [0.4, 0.5) is 4.39 Å². The van der Waals surface area contributed by atoms with Gasteiger partial charge in [0.1, 0.15) is 17.3 Å². The quantitative estimate of drug-likeness (QED) is 0.843. The van der Waals surface area contributed by atoms with Crippen molar-refractivity contribution in [3.8, 4) is 11.3 Å². The van der Waals surface area contributed by atoms with Gasteiger partial charge in [0.05, 0.1) is 5.56 Å². The number of hydrogen-bond acceptors (Lipinski definition) is 2. The van der Waals surface area contributed by atoms with Crippen LogP contribution in [0, 0.1) is 12.7 Å². The largest absolute Gasteiger partial charge is 0.461 e. The Morgan fingerprint density at radius 3 is 2.44 bits per heavy atom. The van der Waals surface area contributed by atoms with E-state index in [1.807, 2.05) is 0 Å². The molecule has 3 nitrogen and oxygen atoms in total. The van der Waals surface area contributed by atoms with E-state index in [2.05, 4.69) is 0 Å². The highest BCUT2D eigenvalue weighted by Crippen LogP contribution is 2.25. The summed E-state index contributed by atoms with van der Waals surface area (Å²) in [6, 6.07) is 7.38. The average molecular weight is 219 g/mol. The Morgan fingerprint density at radius 1 is 1.31 bits per heavy atom. The van der Waals surface area contributed by atoms with E-state index in [-0.39, 0.29) is 5.82 Å². The number of furan rings is 1. The molecule has 0 fully saturated rings. The molecule has 0 unspecified atom stereocenters. The van der Waals surface area contributed by atoms with Crippen LogP contribution in [0.5, 0.6) is 0 Å². The molecule has 0 aliphatic carbocycles. The van der Waals surface area contributed by atoms with E-state index in [1.165, 1.54) is 12.1 Å². The molecule has 16 heavy (non-hydrogen) atoms. The Kier molecular flexibility index (Phi) is 2.48. The number of amides is 1. The topological polar surface area (TPSA) is 56.2 Å². The third-order valence-corrected chi connectivity index (χ3v) is 2.31. The van der Waals surface area contributed by atoms with E-state index in [9.17, 15) is 9.18 Å². The molecule has 0 atom stereocenters. The van der Waals surface area contributed by atoms with Crippen molar-refractivity contribution in [2.45, 2.75) is 6.92 Å². The van der Waals surface area contributed by atoms with Gasteiger partial charge in [-0.25, -0.2) is 4.39 Å². The number of hydrogen-bond donors (Lipinski definition) is 1. The van der Waals surface area contributed by atoms with Crippen LogP contribution in [-0.2, 0) is 0 Å². The van der Waals surface area contributed by atoms with Crippen molar-refractivity contribution in [3.05, 3.63) is 47.5 Å².